The SMILES string of the molecule is CCOC(=O)c1cc(OC)c(OC)cc1C(C)(C(N)=O)c1ccc(NC(=O)NN2CCCCC2)cc1. The van der Waals surface area contributed by atoms with E-state index in [0.717, 1.165) is 32.4 Å². The van der Waals surface area contributed by atoms with Crippen molar-refractivity contribution in [2.24, 2.45) is 5.73 Å². The molecule has 0 aromatic heterocycles. The van der Waals surface area contributed by atoms with Crippen molar-refractivity contribution in [2.45, 2.75) is 38.5 Å². The lowest BCUT2D eigenvalue weighted by molar-refractivity contribution is -0.121. The van der Waals surface area contributed by atoms with Crippen LogP contribution in [-0.4, -0.2) is 56.8 Å². The zero-order valence-electron chi connectivity index (χ0n) is 21.2. The Morgan fingerprint density at radius 2 is 1.61 bits per heavy atom. The molecule has 1 atom stereocenters. The average Bonchev–Trinajstić information content (AvgIpc) is 2.88. The number of methoxy groups -OCH3 is 2. The Bertz CT molecular complexity index is 1100. The molecule has 4 N–H and O–H groups in total. The van der Waals surface area contributed by atoms with Crippen molar-refractivity contribution in [3.63, 3.8) is 0 Å². The molecular formula is C26H34N4O6. The minimum absolute atomic E-state index is 0.138. The van der Waals surface area contributed by atoms with E-state index in [0.29, 0.717) is 28.3 Å². The van der Waals surface area contributed by atoms with Gasteiger partial charge in [-0.1, -0.05) is 18.6 Å². The third-order valence-electron chi connectivity index (χ3n) is 6.39. The number of urea groups is 1. The highest BCUT2D eigenvalue weighted by Crippen LogP contribution is 2.40. The summed E-state index contributed by atoms with van der Waals surface area (Å²) in [5.74, 6) is -0.645. The lowest BCUT2D eigenvalue weighted by atomic mass is 9.73. The molecule has 36 heavy (non-hydrogen) atoms. The Morgan fingerprint density at radius 3 is 2.17 bits per heavy atom. The number of ether oxygens (including phenoxy) is 3. The third kappa shape index (κ3) is 5.71. The van der Waals surface area contributed by atoms with Crippen molar-refractivity contribution in [1.82, 2.24) is 10.4 Å². The summed E-state index contributed by atoms with van der Waals surface area (Å²) < 4.78 is 16.0. The Labute approximate surface area is 211 Å². The van der Waals surface area contributed by atoms with E-state index in [1.54, 1.807) is 44.2 Å². The first-order valence-electron chi connectivity index (χ1n) is 11.9. The Hall–Kier alpha value is -3.79. The van der Waals surface area contributed by atoms with Gasteiger partial charge in [0.05, 0.1) is 31.8 Å². The van der Waals surface area contributed by atoms with Crippen molar-refractivity contribution in [2.75, 3.05) is 39.2 Å². The van der Waals surface area contributed by atoms with Crippen LogP contribution >= 0.6 is 0 Å². The van der Waals surface area contributed by atoms with Gasteiger partial charge in [-0.2, -0.15) is 0 Å². The largest absolute Gasteiger partial charge is 0.493 e. The molecule has 3 amide bonds. The number of amides is 3. The molecule has 0 spiro atoms. The van der Waals surface area contributed by atoms with E-state index in [-0.39, 0.29) is 18.2 Å². The standard InChI is InChI=1S/C26H34N4O6/c1-5-36-23(31)19-15-21(34-3)22(35-4)16-20(19)26(2,24(27)32)17-9-11-18(12-10-17)28-25(33)29-30-13-7-6-8-14-30/h9-12,15-16H,5-8,13-14H2,1-4H3,(H2,27,32)(H2,28,29,33). The Kier molecular flexibility index (Phi) is 8.76. The second kappa shape index (κ2) is 11.8. The van der Waals surface area contributed by atoms with Crippen LogP contribution in [0.1, 0.15) is 54.6 Å². The number of benzene rings is 2. The first kappa shape index (κ1) is 26.8. The molecule has 1 aliphatic heterocycles. The van der Waals surface area contributed by atoms with Crippen LogP contribution in [0.2, 0.25) is 0 Å². The van der Waals surface area contributed by atoms with Crippen molar-refractivity contribution in [1.29, 1.82) is 0 Å². The molecule has 10 heteroatoms. The van der Waals surface area contributed by atoms with Crippen LogP contribution in [0.4, 0.5) is 10.5 Å². The fraction of sp³-hybridized carbons (Fsp3) is 0.423. The molecule has 2 aromatic carbocycles. The molecule has 10 nitrogen and oxygen atoms in total. The number of carbonyl (C=O) groups excluding carboxylic acids is 3. The molecule has 1 aliphatic rings. The zero-order valence-corrected chi connectivity index (χ0v) is 21.2. The number of hydrazine groups is 1. The minimum atomic E-state index is -1.42. The van der Waals surface area contributed by atoms with Gasteiger partial charge in [-0.3, -0.25) is 10.2 Å². The Balaban J connectivity index is 1.95. The fourth-order valence-corrected chi connectivity index (χ4v) is 4.30. The van der Waals surface area contributed by atoms with Crippen LogP contribution in [0.3, 0.4) is 0 Å². The summed E-state index contributed by atoms with van der Waals surface area (Å²) >= 11 is 0. The first-order chi connectivity index (χ1) is 17.2. The zero-order chi connectivity index (χ0) is 26.3. The molecule has 0 radical (unpaired) electrons. The first-order valence-corrected chi connectivity index (χ1v) is 11.9. The van der Waals surface area contributed by atoms with E-state index in [1.807, 2.05) is 5.01 Å². The maximum absolute atomic E-state index is 12.9. The third-order valence-corrected chi connectivity index (χ3v) is 6.39. The number of hydrogen-bond donors (Lipinski definition) is 3. The van der Waals surface area contributed by atoms with E-state index in [4.69, 9.17) is 19.9 Å². The number of hydrogen-bond acceptors (Lipinski definition) is 7. The molecule has 2 aromatic rings. The molecule has 194 valence electrons. The molecule has 0 saturated carbocycles. The summed E-state index contributed by atoms with van der Waals surface area (Å²) in [6.45, 7) is 5.11. The van der Waals surface area contributed by atoms with Crippen LogP contribution in [0.25, 0.3) is 0 Å². The molecule has 1 saturated heterocycles. The van der Waals surface area contributed by atoms with Gasteiger partial charge >= 0.3 is 12.0 Å². The van der Waals surface area contributed by atoms with Crippen LogP contribution in [0.5, 0.6) is 11.5 Å². The van der Waals surface area contributed by atoms with Crippen LogP contribution in [-0.2, 0) is 14.9 Å². The van der Waals surface area contributed by atoms with Gasteiger partial charge in [0.1, 0.15) is 0 Å². The number of esters is 1. The number of primary amides is 1. The smallest absolute Gasteiger partial charge is 0.338 e. The van der Waals surface area contributed by atoms with Crippen molar-refractivity contribution < 1.29 is 28.6 Å². The molecule has 0 aliphatic carbocycles. The van der Waals surface area contributed by atoms with Crippen LogP contribution in [0.15, 0.2) is 36.4 Å². The summed E-state index contributed by atoms with van der Waals surface area (Å²) in [5, 5.41) is 4.69. The van der Waals surface area contributed by atoms with E-state index in [9.17, 15) is 14.4 Å². The van der Waals surface area contributed by atoms with Crippen LogP contribution in [0, 0.1) is 0 Å². The van der Waals surface area contributed by atoms with E-state index >= 15 is 0 Å². The predicted molar refractivity (Wildman–Crippen MR) is 135 cm³/mol. The van der Waals surface area contributed by atoms with E-state index in [2.05, 4.69) is 10.7 Å². The molecule has 1 unspecified atom stereocenters. The summed E-state index contributed by atoms with van der Waals surface area (Å²) in [7, 11) is 2.91. The quantitative estimate of drug-likeness (QED) is 0.452. The molecular weight excluding hydrogens is 464 g/mol. The maximum atomic E-state index is 12.9. The van der Waals surface area contributed by atoms with Crippen molar-refractivity contribution >= 4 is 23.6 Å². The molecule has 3 rings (SSSR count). The summed E-state index contributed by atoms with van der Waals surface area (Å²) in [6, 6.07) is 9.43. The Morgan fingerprint density at radius 1 is 1.00 bits per heavy atom. The van der Waals surface area contributed by atoms with Gasteiger partial charge in [0, 0.05) is 18.8 Å². The summed E-state index contributed by atoms with van der Waals surface area (Å²) in [5.41, 5.74) is 8.85. The van der Waals surface area contributed by atoms with Gasteiger partial charge < -0.3 is 25.3 Å². The highest BCUT2D eigenvalue weighted by atomic mass is 16.5. The van der Waals surface area contributed by atoms with E-state index in [1.165, 1.54) is 20.3 Å². The second-order valence-electron chi connectivity index (χ2n) is 8.65. The molecule has 0 bridgehead atoms. The van der Waals surface area contributed by atoms with E-state index < -0.39 is 17.3 Å². The second-order valence-corrected chi connectivity index (χ2v) is 8.65. The summed E-state index contributed by atoms with van der Waals surface area (Å²) in [4.78, 5) is 38.1. The topological polar surface area (TPSA) is 132 Å². The maximum Gasteiger partial charge on any atom is 0.338 e. The lowest BCUT2D eigenvalue weighted by Crippen LogP contribution is -2.46. The normalized spacial score (nSPS) is 15.3. The number of anilines is 1. The fourth-order valence-electron chi connectivity index (χ4n) is 4.30. The average molecular weight is 499 g/mol. The van der Waals surface area contributed by atoms with Gasteiger partial charge in [0.25, 0.3) is 0 Å². The monoisotopic (exact) mass is 498 g/mol. The number of nitrogens with two attached hydrogens (primary N) is 1. The van der Waals surface area contributed by atoms with Gasteiger partial charge in [0.15, 0.2) is 11.5 Å². The number of rotatable bonds is 9. The van der Waals surface area contributed by atoms with Crippen molar-refractivity contribution in [3.05, 3.63) is 53.1 Å². The van der Waals surface area contributed by atoms with Gasteiger partial charge in [-0.05, 0) is 62.1 Å². The van der Waals surface area contributed by atoms with Gasteiger partial charge in [-0.15, -0.1) is 0 Å². The number of nitrogens with one attached hydrogen (secondary N) is 2. The van der Waals surface area contributed by atoms with Crippen LogP contribution < -0.4 is 25.9 Å². The molecule has 1 fully saturated rings. The van der Waals surface area contributed by atoms with Crippen molar-refractivity contribution in [3.8, 4) is 11.5 Å². The minimum Gasteiger partial charge on any atom is -0.493 e. The van der Waals surface area contributed by atoms with Gasteiger partial charge in [0.2, 0.25) is 5.91 Å². The van der Waals surface area contributed by atoms with Gasteiger partial charge in [-0.25, -0.2) is 14.6 Å². The number of piperidine rings is 1. The summed E-state index contributed by atoms with van der Waals surface area (Å²) in [6.07, 6.45) is 3.26. The highest BCUT2D eigenvalue weighted by Gasteiger charge is 2.40. The number of carbonyl (C=O) groups is 3. The highest BCUT2D eigenvalue weighted by molar-refractivity contribution is 5.99. The lowest BCUT2D eigenvalue weighted by Gasteiger charge is -2.30. The molecule has 1 heterocycles. The predicted octanol–water partition coefficient (Wildman–Crippen LogP) is 3.19. The number of nitrogens with zero attached hydrogens (tertiary/aromatic N) is 1.